The summed E-state index contributed by atoms with van der Waals surface area (Å²) >= 11 is 0. The average molecular weight is 1090 g/mol. The monoisotopic (exact) mass is 1080 g/mol. The van der Waals surface area contributed by atoms with E-state index in [9.17, 15) is 14.4 Å². The van der Waals surface area contributed by atoms with Crippen molar-refractivity contribution in [2.75, 3.05) is 13.2 Å². The molecule has 0 fully saturated rings. The number of hydrogen-bond donors (Lipinski definition) is 0. The Labute approximate surface area is 484 Å². The van der Waals surface area contributed by atoms with Crippen LogP contribution in [0.3, 0.4) is 0 Å². The average Bonchev–Trinajstić information content (AvgIpc) is 3.45. The molecular weight excluding hydrogens is 973 g/mol. The van der Waals surface area contributed by atoms with Gasteiger partial charge in [0.1, 0.15) is 13.2 Å². The zero-order valence-electron chi connectivity index (χ0n) is 50.3. The second-order valence-corrected chi connectivity index (χ2v) is 19.8. The maximum absolute atomic E-state index is 12.9. The zero-order valence-corrected chi connectivity index (χ0v) is 50.3. The van der Waals surface area contributed by atoms with E-state index >= 15 is 0 Å². The molecule has 440 valence electrons. The van der Waals surface area contributed by atoms with Crippen molar-refractivity contribution in [2.45, 2.75) is 245 Å². The van der Waals surface area contributed by atoms with Crippen molar-refractivity contribution < 1.29 is 28.6 Å². The number of unbranched alkanes of at least 4 members (excludes halogenated alkanes) is 13. The Bertz CT molecular complexity index is 1870. The normalized spacial score (nSPS) is 13.4. The lowest BCUT2D eigenvalue weighted by Gasteiger charge is -2.18. The van der Waals surface area contributed by atoms with E-state index in [0.717, 1.165) is 154 Å². The van der Waals surface area contributed by atoms with E-state index in [2.05, 4.69) is 191 Å². The molecule has 0 aliphatic rings. The molecule has 0 aliphatic carbocycles. The lowest BCUT2D eigenvalue weighted by molar-refractivity contribution is -0.166. The molecular formula is C73H112O6. The fraction of sp³-hybridized carbons (Fsp3) is 0.548. The first-order chi connectivity index (χ1) is 39.0. The van der Waals surface area contributed by atoms with Crippen LogP contribution >= 0.6 is 0 Å². The van der Waals surface area contributed by atoms with Crippen LogP contribution in [0.15, 0.2) is 182 Å². The molecule has 0 heterocycles. The first-order valence-electron chi connectivity index (χ1n) is 31.3. The van der Waals surface area contributed by atoms with Crippen molar-refractivity contribution in [1.82, 2.24) is 0 Å². The third-order valence-corrected chi connectivity index (χ3v) is 12.4. The summed E-state index contributed by atoms with van der Waals surface area (Å²) < 4.78 is 16.8. The van der Waals surface area contributed by atoms with Crippen molar-refractivity contribution in [2.24, 2.45) is 0 Å². The molecule has 0 spiro atoms. The Balaban J connectivity index is 4.52. The van der Waals surface area contributed by atoms with Gasteiger partial charge in [0, 0.05) is 19.3 Å². The van der Waals surface area contributed by atoms with Gasteiger partial charge < -0.3 is 14.2 Å². The zero-order chi connectivity index (χ0) is 57.1. The third-order valence-electron chi connectivity index (χ3n) is 12.4. The number of allylic oxidation sites excluding steroid dienone is 30. The molecule has 0 aromatic heterocycles. The van der Waals surface area contributed by atoms with Crippen LogP contribution < -0.4 is 0 Å². The van der Waals surface area contributed by atoms with Crippen LogP contribution in [0, 0.1) is 0 Å². The Morgan fingerprint density at radius 1 is 0.266 bits per heavy atom. The second-order valence-electron chi connectivity index (χ2n) is 19.8. The molecule has 0 aromatic rings. The second kappa shape index (κ2) is 65.0. The molecule has 0 rings (SSSR count). The van der Waals surface area contributed by atoms with Gasteiger partial charge in [0.25, 0.3) is 0 Å². The summed E-state index contributed by atoms with van der Waals surface area (Å²) in [6.07, 6.45) is 97.6. The van der Waals surface area contributed by atoms with Gasteiger partial charge in [-0.1, -0.05) is 254 Å². The van der Waals surface area contributed by atoms with Crippen LogP contribution in [0.25, 0.3) is 0 Å². The van der Waals surface area contributed by atoms with Crippen molar-refractivity contribution in [3.8, 4) is 0 Å². The molecule has 79 heavy (non-hydrogen) atoms. The van der Waals surface area contributed by atoms with Crippen molar-refractivity contribution >= 4 is 17.9 Å². The quantitative estimate of drug-likeness (QED) is 0.0261. The van der Waals surface area contributed by atoms with Gasteiger partial charge in [-0.15, -0.1) is 0 Å². The Morgan fingerprint density at radius 2 is 0.519 bits per heavy atom. The number of carbonyl (C=O) groups is 3. The van der Waals surface area contributed by atoms with Gasteiger partial charge in [-0.25, -0.2) is 0 Å². The van der Waals surface area contributed by atoms with Gasteiger partial charge in [-0.05, 0) is 148 Å². The molecule has 0 aromatic carbocycles. The third kappa shape index (κ3) is 63.2. The van der Waals surface area contributed by atoms with Crippen LogP contribution in [-0.4, -0.2) is 37.2 Å². The molecule has 0 radical (unpaired) electrons. The highest BCUT2D eigenvalue weighted by atomic mass is 16.6. The maximum Gasteiger partial charge on any atom is 0.306 e. The van der Waals surface area contributed by atoms with E-state index < -0.39 is 12.1 Å². The molecule has 1 atom stereocenters. The molecule has 0 aliphatic heterocycles. The standard InChI is InChI=1S/C73H112O6/c1-4-7-10-13-16-19-22-25-27-29-31-32-33-34-35-36-37-38-39-40-42-43-45-48-51-54-57-60-63-66-72(75)78-69-70(68-77-71(74)65-62-59-56-53-50-47-24-21-18-15-12-9-6-3)79-73(76)67-64-61-58-55-52-49-46-44-41-30-28-26-23-20-17-14-11-8-5-2/h7-8,10-11,16-17,19-21,24-28,31-32,34-35,37-38,40-42,44-45,48-49,52,58,61,70H,4-6,9,12-15,18,22-23,29-30,33,36,39,43,46-47,50-51,53-57,59-60,62-69H2,1-3H3/b10-7-,11-8-,19-16-,20-17-,24-21-,27-25-,28-26-,32-31-,35-34-,38-37-,42-40-,44-41-,48-45-,52-49-,61-58-. The molecule has 0 saturated carbocycles. The Hall–Kier alpha value is -5.49. The van der Waals surface area contributed by atoms with Gasteiger partial charge in [0.15, 0.2) is 6.10 Å². The van der Waals surface area contributed by atoms with Gasteiger partial charge in [-0.3, -0.25) is 14.4 Å². The highest BCUT2D eigenvalue weighted by Gasteiger charge is 2.19. The molecule has 0 amide bonds. The number of rotatable bonds is 54. The predicted molar refractivity (Wildman–Crippen MR) is 343 cm³/mol. The SMILES string of the molecule is CC/C=C\C/C=C\C/C=C\C/C=C\C/C=C\C/C=C\C/C=C\C/C=C\CCCCCCC(=O)OCC(COC(=O)CCCCCCC/C=C\CCCCCC)OC(=O)CC/C=C\C/C=C\C/C=C\C/C=C\C/C=C\C/C=C\CC. The van der Waals surface area contributed by atoms with E-state index in [1.807, 2.05) is 12.2 Å². The minimum absolute atomic E-state index is 0.130. The van der Waals surface area contributed by atoms with Crippen molar-refractivity contribution in [1.29, 1.82) is 0 Å². The van der Waals surface area contributed by atoms with Gasteiger partial charge >= 0.3 is 17.9 Å². The summed E-state index contributed by atoms with van der Waals surface area (Å²) in [6.45, 7) is 6.29. The van der Waals surface area contributed by atoms with Gasteiger partial charge in [0.05, 0.1) is 0 Å². The first kappa shape index (κ1) is 73.5. The Morgan fingerprint density at radius 3 is 0.835 bits per heavy atom. The minimum atomic E-state index is -0.844. The molecule has 0 N–H and O–H groups in total. The highest BCUT2D eigenvalue weighted by Crippen LogP contribution is 2.12. The smallest absolute Gasteiger partial charge is 0.306 e. The number of ether oxygens (including phenoxy) is 3. The molecule has 0 bridgehead atoms. The van der Waals surface area contributed by atoms with E-state index in [1.54, 1.807) is 0 Å². The summed E-state index contributed by atoms with van der Waals surface area (Å²) in [5.74, 6) is -1.06. The van der Waals surface area contributed by atoms with Crippen LogP contribution in [0.5, 0.6) is 0 Å². The predicted octanol–water partition coefficient (Wildman–Crippen LogP) is 21.7. The summed E-state index contributed by atoms with van der Waals surface area (Å²) in [7, 11) is 0. The van der Waals surface area contributed by atoms with Crippen LogP contribution in [-0.2, 0) is 28.6 Å². The van der Waals surface area contributed by atoms with Crippen molar-refractivity contribution in [3.63, 3.8) is 0 Å². The van der Waals surface area contributed by atoms with Crippen molar-refractivity contribution in [3.05, 3.63) is 182 Å². The maximum atomic E-state index is 12.9. The van der Waals surface area contributed by atoms with E-state index in [0.29, 0.717) is 19.3 Å². The first-order valence-corrected chi connectivity index (χ1v) is 31.3. The largest absolute Gasteiger partial charge is 0.462 e. The minimum Gasteiger partial charge on any atom is -0.462 e. The number of esters is 3. The summed E-state index contributed by atoms with van der Waals surface area (Å²) in [5.41, 5.74) is 0. The van der Waals surface area contributed by atoms with E-state index in [1.165, 1.54) is 38.5 Å². The van der Waals surface area contributed by atoms with Crippen LogP contribution in [0.4, 0.5) is 0 Å². The summed E-state index contributed by atoms with van der Waals surface area (Å²) in [5, 5.41) is 0. The molecule has 0 saturated heterocycles. The number of hydrogen-bond acceptors (Lipinski definition) is 6. The topological polar surface area (TPSA) is 78.9 Å². The van der Waals surface area contributed by atoms with Crippen LogP contribution in [0.2, 0.25) is 0 Å². The molecule has 6 nitrogen and oxygen atoms in total. The Kier molecular flexibility index (Phi) is 60.5. The van der Waals surface area contributed by atoms with E-state index in [-0.39, 0.29) is 31.6 Å². The van der Waals surface area contributed by atoms with Crippen LogP contribution in [0.1, 0.15) is 239 Å². The molecule has 6 heteroatoms. The van der Waals surface area contributed by atoms with Gasteiger partial charge in [0.2, 0.25) is 0 Å². The lowest BCUT2D eigenvalue weighted by Crippen LogP contribution is -2.30. The summed E-state index contributed by atoms with van der Waals surface area (Å²) in [6, 6.07) is 0. The summed E-state index contributed by atoms with van der Waals surface area (Å²) in [4.78, 5) is 38.2. The fourth-order valence-electron chi connectivity index (χ4n) is 7.77. The highest BCUT2D eigenvalue weighted by molar-refractivity contribution is 5.71. The van der Waals surface area contributed by atoms with Gasteiger partial charge in [-0.2, -0.15) is 0 Å². The molecule has 1 unspecified atom stereocenters. The lowest BCUT2D eigenvalue weighted by atomic mass is 10.1. The fourth-order valence-corrected chi connectivity index (χ4v) is 7.77. The number of carbonyl (C=O) groups excluding carboxylic acids is 3. The van der Waals surface area contributed by atoms with E-state index in [4.69, 9.17) is 14.2 Å².